The first kappa shape index (κ1) is 50.9. The Labute approximate surface area is 381 Å². The van der Waals surface area contributed by atoms with Crippen molar-refractivity contribution in [3.63, 3.8) is 0 Å². The lowest BCUT2D eigenvalue weighted by Crippen LogP contribution is -2.52. The second-order valence-corrected chi connectivity index (χ2v) is 16.5. The Hall–Kier alpha value is -5.09. The van der Waals surface area contributed by atoms with E-state index in [-0.39, 0.29) is 18.4 Å². The molecular weight excluding hydrogens is 841 g/mol. The lowest BCUT2D eigenvalue weighted by Gasteiger charge is -2.38. The van der Waals surface area contributed by atoms with Crippen LogP contribution in [0.4, 0.5) is 17.8 Å². The molecule has 360 valence electrons. The summed E-state index contributed by atoms with van der Waals surface area (Å²) in [5.41, 5.74) is 9.20. The maximum absolute atomic E-state index is 14.1. The van der Waals surface area contributed by atoms with Gasteiger partial charge in [0.25, 0.3) is 0 Å². The topological polar surface area (TPSA) is 283 Å². The molecule has 23 heteroatoms. The number of aromatic nitrogens is 9. The van der Waals surface area contributed by atoms with Gasteiger partial charge in [-0.2, -0.15) is 15.0 Å². The van der Waals surface area contributed by atoms with Gasteiger partial charge in [0.05, 0.1) is 69.7 Å². The average Bonchev–Trinajstić information content (AvgIpc) is 3.97. The van der Waals surface area contributed by atoms with Crippen LogP contribution >= 0.6 is 0 Å². The molecule has 3 aromatic heterocycles. The van der Waals surface area contributed by atoms with Crippen LogP contribution in [-0.4, -0.2) is 201 Å². The minimum atomic E-state index is -0.567. The van der Waals surface area contributed by atoms with Gasteiger partial charge < -0.3 is 60.8 Å². The highest BCUT2D eigenvalue weighted by atomic mass is 16.5. The van der Waals surface area contributed by atoms with Gasteiger partial charge in [0, 0.05) is 84.1 Å². The van der Waals surface area contributed by atoms with Crippen molar-refractivity contribution in [2.75, 3.05) is 127 Å². The van der Waals surface area contributed by atoms with Crippen LogP contribution in [-0.2, 0) is 36.6 Å². The molecule has 0 radical (unpaired) electrons. The Kier molecular flexibility index (Phi) is 21.5. The molecule has 2 fully saturated rings. The molecule has 2 saturated heterocycles. The van der Waals surface area contributed by atoms with Gasteiger partial charge in [-0.1, -0.05) is 16.3 Å². The summed E-state index contributed by atoms with van der Waals surface area (Å²) < 4.78 is 19.8. The van der Waals surface area contributed by atoms with E-state index in [1.54, 1.807) is 35.6 Å². The second-order valence-electron chi connectivity index (χ2n) is 16.5. The minimum absolute atomic E-state index is 0.0235. The van der Waals surface area contributed by atoms with Crippen molar-refractivity contribution < 1.29 is 45.5 Å². The highest BCUT2D eigenvalue weighted by Gasteiger charge is 2.33. The molecule has 2 aliphatic heterocycles. The van der Waals surface area contributed by atoms with E-state index in [4.69, 9.17) is 35.6 Å². The maximum atomic E-state index is 14.1. The molecule has 4 atom stereocenters. The Morgan fingerprint density at radius 2 is 1.14 bits per heavy atom. The van der Waals surface area contributed by atoms with Crippen LogP contribution in [0.2, 0.25) is 0 Å². The fourth-order valence-electron chi connectivity index (χ4n) is 7.69. The molecule has 0 bridgehead atoms. The van der Waals surface area contributed by atoms with Crippen molar-refractivity contribution in [1.82, 2.24) is 54.7 Å². The summed E-state index contributed by atoms with van der Waals surface area (Å²) in [7, 11) is 0. The zero-order valence-corrected chi connectivity index (χ0v) is 38.4. The molecule has 5 rings (SSSR count). The molecule has 0 aliphatic carbocycles. The van der Waals surface area contributed by atoms with Crippen molar-refractivity contribution in [1.29, 1.82) is 0 Å². The van der Waals surface area contributed by atoms with Crippen LogP contribution in [0.1, 0.15) is 75.8 Å². The molecule has 0 aromatic carbocycles. The number of terminal acetylenes is 1. The van der Waals surface area contributed by atoms with Crippen molar-refractivity contribution >= 4 is 29.7 Å². The first-order chi connectivity index (χ1) is 31.6. The lowest BCUT2D eigenvalue weighted by atomic mass is 10.1. The molecule has 2 unspecified atom stereocenters. The standard InChI is InChI=1S/C42H70N16O7/c1-4-22-63-24-26-65-27-25-64-23-13-45-40-46-41(55-18-14-53(15-19-55)38(61)36(9-5-7-11-43)57-30-34(49-51-57)28-32(2)59)48-42(47-40)56-20-16-54(17-21-56)39(62)37(10-6-8-12-44)58-31-35(50-52-58)29-33(3)60/h1,30-33,36-37,59-60H,5-29,43-44H2,2-3H3,(H,45,46,47,48)/p+2/t32?,33?,36-,37-/m0/s1. The molecule has 9 N–H and O–H groups in total. The fourth-order valence-corrected chi connectivity index (χ4v) is 7.69. The normalized spacial score (nSPS) is 16.3. The quantitative estimate of drug-likeness (QED) is 0.0359. The number of nitrogens with zero attached hydrogens (tertiary/aromatic N) is 13. The molecule has 5 heterocycles. The summed E-state index contributed by atoms with van der Waals surface area (Å²) in [4.78, 5) is 50.6. The predicted octanol–water partition coefficient (Wildman–Crippen LogP) is -2.40. The number of ether oxygens (including phenoxy) is 3. The first-order valence-corrected chi connectivity index (χ1v) is 23.1. The molecule has 23 nitrogen and oxygen atoms in total. The first-order valence-electron chi connectivity index (χ1n) is 23.1. The van der Waals surface area contributed by atoms with Crippen molar-refractivity contribution in [2.45, 2.75) is 89.5 Å². The molecule has 2 amide bonds. The summed E-state index contributed by atoms with van der Waals surface area (Å²) in [6, 6.07) is -1.02. The van der Waals surface area contributed by atoms with Gasteiger partial charge in [0.15, 0.2) is 0 Å². The van der Waals surface area contributed by atoms with Crippen LogP contribution in [0, 0.1) is 12.3 Å². The largest absolute Gasteiger partial charge is 0.393 e. The SMILES string of the molecule is C#CCOCCOCCOCCNc1nc(N2CCN(C(=O)[C@H](CCCC[NH3+])n3cc(CC(C)O)nn3)CC2)nc(N2CCN(C(=O)[C@H](CCCC[NH3+])n3cc(CC(C)O)nn3)CC2)n1. The lowest BCUT2D eigenvalue weighted by molar-refractivity contribution is -0.369. The summed E-state index contributed by atoms with van der Waals surface area (Å²) in [5.74, 6) is 3.74. The van der Waals surface area contributed by atoms with Gasteiger partial charge in [0.2, 0.25) is 29.7 Å². The maximum Gasteiger partial charge on any atom is 0.247 e. The third-order valence-corrected chi connectivity index (χ3v) is 11.1. The number of piperazine rings is 2. The van der Waals surface area contributed by atoms with Crippen molar-refractivity contribution in [3.8, 4) is 12.3 Å². The number of hydrogen-bond donors (Lipinski definition) is 5. The number of quaternary nitrogens is 2. The van der Waals surface area contributed by atoms with E-state index in [9.17, 15) is 19.8 Å². The number of unbranched alkanes of at least 4 members (excludes halogenated alkanes) is 2. The second kappa shape index (κ2) is 27.4. The molecule has 2 aliphatic rings. The zero-order valence-electron chi connectivity index (χ0n) is 38.4. The van der Waals surface area contributed by atoms with Gasteiger partial charge in [-0.3, -0.25) is 9.59 Å². The minimum Gasteiger partial charge on any atom is -0.393 e. The summed E-state index contributed by atoms with van der Waals surface area (Å²) >= 11 is 0. The Morgan fingerprint density at radius 3 is 1.57 bits per heavy atom. The number of anilines is 3. The highest BCUT2D eigenvalue weighted by molar-refractivity contribution is 5.81. The van der Waals surface area contributed by atoms with E-state index in [2.05, 4.69) is 53.1 Å². The van der Waals surface area contributed by atoms with Crippen LogP contribution in [0.25, 0.3) is 0 Å². The summed E-state index contributed by atoms with van der Waals surface area (Å²) in [6.07, 6.45) is 13.0. The molecule has 0 spiro atoms. The van der Waals surface area contributed by atoms with E-state index < -0.39 is 24.3 Å². The number of rotatable bonds is 29. The monoisotopic (exact) mass is 913 g/mol. The van der Waals surface area contributed by atoms with Crippen LogP contribution in [0.5, 0.6) is 0 Å². The van der Waals surface area contributed by atoms with Gasteiger partial charge in [-0.05, 0) is 52.4 Å². The number of aliphatic hydroxyl groups excluding tert-OH is 2. The number of amides is 2. The van der Waals surface area contributed by atoms with Gasteiger partial charge in [0.1, 0.15) is 18.7 Å². The Morgan fingerprint density at radius 1 is 0.692 bits per heavy atom. The van der Waals surface area contributed by atoms with E-state index >= 15 is 0 Å². The van der Waals surface area contributed by atoms with Gasteiger partial charge >= 0.3 is 0 Å². The number of aliphatic hydroxyl groups is 2. The van der Waals surface area contributed by atoms with Crippen molar-refractivity contribution in [2.24, 2.45) is 0 Å². The average molecular weight is 913 g/mol. The molecular formula is C42H72N16O7+2. The number of hydrogen-bond acceptors (Lipinski definition) is 17. The van der Waals surface area contributed by atoms with Gasteiger partial charge in [-0.25, -0.2) is 9.36 Å². The fraction of sp³-hybridized carbons (Fsp3) is 0.738. The third-order valence-electron chi connectivity index (χ3n) is 11.1. The molecule has 3 aromatic rings. The number of carbonyl (C=O) groups is 2. The van der Waals surface area contributed by atoms with Crippen molar-refractivity contribution in [3.05, 3.63) is 23.8 Å². The number of nitrogens with one attached hydrogen (secondary N) is 1. The predicted molar refractivity (Wildman–Crippen MR) is 239 cm³/mol. The zero-order chi connectivity index (χ0) is 46.4. The Balaban J connectivity index is 1.25. The smallest absolute Gasteiger partial charge is 0.247 e. The number of carbonyl (C=O) groups excluding carboxylic acids is 2. The van der Waals surface area contributed by atoms with E-state index in [0.717, 1.165) is 38.8 Å². The Bertz CT molecular complexity index is 1780. The summed E-state index contributed by atoms with van der Waals surface area (Å²) in [5, 5.41) is 40.1. The van der Waals surface area contributed by atoms with Gasteiger partial charge in [-0.15, -0.1) is 16.6 Å². The van der Waals surface area contributed by atoms with E-state index in [0.29, 0.717) is 147 Å². The van der Waals surface area contributed by atoms with E-state index in [1.165, 1.54) is 0 Å². The summed E-state index contributed by atoms with van der Waals surface area (Å²) in [6.45, 7) is 11.6. The highest BCUT2D eigenvalue weighted by Crippen LogP contribution is 2.24. The van der Waals surface area contributed by atoms with Crippen LogP contribution in [0.3, 0.4) is 0 Å². The van der Waals surface area contributed by atoms with Crippen LogP contribution in [0.15, 0.2) is 12.4 Å². The molecule has 0 saturated carbocycles. The van der Waals surface area contributed by atoms with E-state index in [1.807, 2.05) is 9.80 Å². The third kappa shape index (κ3) is 16.4. The van der Waals surface area contributed by atoms with Crippen LogP contribution < -0.4 is 26.6 Å². The molecule has 65 heavy (non-hydrogen) atoms.